The van der Waals surface area contributed by atoms with Crippen LogP contribution in [0.4, 0.5) is 16.3 Å². The van der Waals surface area contributed by atoms with Crippen molar-refractivity contribution in [2.45, 2.75) is 72.6 Å². The molecule has 1 amide bonds. The summed E-state index contributed by atoms with van der Waals surface area (Å²) in [4.78, 5) is 12.3. The summed E-state index contributed by atoms with van der Waals surface area (Å²) in [6.45, 7) is 13.4. The number of unbranched alkanes of at least 4 members (excludes halogenated alkanes) is 1. The standard InChI is InChI=1S/C24H38N4O3/c1-7-10-11-17(8-2)16-31-23(29)26-18-12-13-19(20(14-18)30-9-3)28-22(25)15-21(27-28)24(4,5)6/h12-15,17H,7-11,16,25H2,1-6H3,(H,26,29). The number of hydrogen-bond acceptors (Lipinski definition) is 5. The van der Waals surface area contributed by atoms with Gasteiger partial charge in [-0.05, 0) is 31.4 Å². The second kappa shape index (κ2) is 11.1. The summed E-state index contributed by atoms with van der Waals surface area (Å²) in [7, 11) is 0. The van der Waals surface area contributed by atoms with Gasteiger partial charge in [0, 0.05) is 23.2 Å². The van der Waals surface area contributed by atoms with Crippen molar-refractivity contribution in [1.29, 1.82) is 0 Å². The van der Waals surface area contributed by atoms with Gasteiger partial charge in [0.2, 0.25) is 0 Å². The fourth-order valence-corrected chi connectivity index (χ4v) is 3.24. The molecule has 0 saturated carbocycles. The molecule has 7 nitrogen and oxygen atoms in total. The third-order valence-electron chi connectivity index (χ3n) is 5.23. The second-order valence-corrected chi connectivity index (χ2v) is 8.87. The lowest BCUT2D eigenvalue weighted by molar-refractivity contribution is 0.136. The van der Waals surface area contributed by atoms with Crippen LogP contribution in [0.2, 0.25) is 0 Å². The second-order valence-electron chi connectivity index (χ2n) is 8.87. The fraction of sp³-hybridized carbons (Fsp3) is 0.583. The lowest BCUT2D eigenvalue weighted by atomic mass is 9.92. The van der Waals surface area contributed by atoms with Crippen molar-refractivity contribution in [3.63, 3.8) is 0 Å². The van der Waals surface area contributed by atoms with E-state index in [0.717, 1.165) is 37.1 Å². The van der Waals surface area contributed by atoms with Crippen LogP contribution in [0.25, 0.3) is 5.69 Å². The van der Waals surface area contributed by atoms with Crippen LogP contribution in [0.5, 0.6) is 5.75 Å². The molecule has 0 spiro atoms. The third-order valence-corrected chi connectivity index (χ3v) is 5.23. The first kappa shape index (κ1) is 24.6. The van der Waals surface area contributed by atoms with E-state index in [-0.39, 0.29) is 5.41 Å². The molecule has 0 fully saturated rings. The summed E-state index contributed by atoms with van der Waals surface area (Å²) in [5.74, 6) is 1.51. The van der Waals surface area contributed by atoms with Gasteiger partial charge < -0.3 is 15.2 Å². The maximum absolute atomic E-state index is 12.3. The van der Waals surface area contributed by atoms with Crippen LogP contribution in [0.15, 0.2) is 24.3 Å². The minimum absolute atomic E-state index is 0.121. The molecule has 172 valence electrons. The number of carbonyl (C=O) groups excluding carboxylic acids is 1. The molecule has 2 rings (SSSR count). The van der Waals surface area contributed by atoms with Gasteiger partial charge >= 0.3 is 6.09 Å². The molecule has 0 bridgehead atoms. The fourth-order valence-electron chi connectivity index (χ4n) is 3.24. The highest BCUT2D eigenvalue weighted by molar-refractivity contribution is 5.85. The molecule has 0 aliphatic heterocycles. The van der Waals surface area contributed by atoms with E-state index in [1.807, 2.05) is 19.1 Å². The summed E-state index contributed by atoms with van der Waals surface area (Å²) in [5.41, 5.74) is 8.32. The van der Waals surface area contributed by atoms with Crippen LogP contribution in [-0.4, -0.2) is 29.1 Å². The zero-order valence-electron chi connectivity index (χ0n) is 19.8. The number of aromatic nitrogens is 2. The van der Waals surface area contributed by atoms with Crippen LogP contribution in [-0.2, 0) is 10.2 Å². The number of ether oxygens (including phenoxy) is 2. The normalized spacial score (nSPS) is 12.5. The highest BCUT2D eigenvalue weighted by atomic mass is 16.5. The number of carbonyl (C=O) groups is 1. The number of nitrogens with zero attached hydrogens (tertiary/aromatic N) is 2. The number of rotatable bonds is 10. The van der Waals surface area contributed by atoms with Gasteiger partial charge in [0.25, 0.3) is 0 Å². The van der Waals surface area contributed by atoms with Gasteiger partial charge in [-0.1, -0.05) is 53.9 Å². The quantitative estimate of drug-likeness (QED) is 0.488. The molecule has 7 heteroatoms. The summed E-state index contributed by atoms with van der Waals surface area (Å²) >= 11 is 0. The Kier molecular flexibility index (Phi) is 8.77. The highest BCUT2D eigenvalue weighted by Gasteiger charge is 2.21. The lowest BCUT2D eigenvalue weighted by Crippen LogP contribution is -2.19. The number of amides is 1. The maximum Gasteiger partial charge on any atom is 0.411 e. The third kappa shape index (κ3) is 6.91. The first-order valence-corrected chi connectivity index (χ1v) is 11.3. The SMILES string of the molecule is CCCCC(CC)COC(=O)Nc1ccc(-n2nc(C(C)(C)C)cc2N)c(OCC)c1. The predicted molar refractivity (Wildman–Crippen MR) is 126 cm³/mol. The number of nitrogen functional groups attached to an aromatic ring is 1. The molecule has 1 heterocycles. The maximum atomic E-state index is 12.3. The Balaban J connectivity index is 2.15. The van der Waals surface area contributed by atoms with E-state index in [2.05, 4.69) is 45.0 Å². The van der Waals surface area contributed by atoms with Crippen molar-refractivity contribution in [2.24, 2.45) is 5.92 Å². The number of anilines is 2. The summed E-state index contributed by atoms with van der Waals surface area (Å²) < 4.78 is 12.9. The van der Waals surface area contributed by atoms with E-state index in [1.165, 1.54) is 0 Å². The van der Waals surface area contributed by atoms with E-state index >= 15 is 0 Å². The van der Waals surface area contributed by atoms with Crippen molar-refractivity contribution in [3.05, 3.63) is 30.0 Å². The zero-order valence-corrected chi connectivity index (χ0v) is 19.8. The van der Waals surface area contributed by atoms with Crippen LogP contribution in [0.3, 0.4) is 0 Å². The molecule has 0 aliphatic carbocycles. The Hall–Kier alpha value is -2.70. The van der Waals surface area contributed by atoms with Gasteiger partial charge in [0.15, 0.2) is 0 Å². The van der Waals surface area contributed by atoms with Crippen LogP contribution in [0, 0.1) is 5.92 Å². The first-order chi connectivity index (χ1) is 14.7. The summed E-state index contributed by atoms with van der Waals surface area (Å²) in [5, 5.41) is 7.46. The molecule has 1 atom stereocenters. The van der Waals surface area contributed by atoms with Crippen molar-refractivity contribution in [2.75, 3.05) is 24.3 Å². The summed E-state index contributed by atoms with van der Waals surface area (Å²) in [6.07, 6.45) is 3.91. The number of benzene rings is 1. The van der Waals surface area contributed by atoms with Gasteiger partial charge in [-0.15, -0.1) is 0 Å². The van der Waals surface area contributed by atoms with Crippen LogP contribution >= 0.6 is 0 Å². The van der Waals surface area contributed by atoms with E-state index in [1.54, 1.807) is 16.8 Å². The minimum Gasteiger partial charge on any atom is -0.492 e. The number of nitrogens with one attached hydrogen (secondary N) is 1. The highest BCUT2D eigenvalue weighted by Crippen LogP contribution is 2.31. The van der Waals surface area contributed by atoms with E-state index in [0.29, 0.717) is 36.4 Å². The predicted octanol–water partition coefficient (Wildman–Crippen LogP) is 5.92. The molecule has 3 N–H and O–H groups in total. The molecule has 1 unspecified atom stereocenters. The molecular weight excluding hydrogens is 392 g/mol. The van der Waals surface area contributed by atoms with Crippen LogP contribution in [0.1, 0.15) is 72.9 Å². The molecule has 0 aliphatic rings. The van der Waals surface area contributed by atoms with Crippen molar-refractivity contribution in [1.82, 2.24) is 9.78 Å². The molecule has 1 aromatic heterocycles. The van der Waals surface area contributed by atoms with Crippen molar-refractivity contribution >= 4 is 17.6 Å². The van der Waals surface area contributed by atoms with E-state index in [4.69, 9.17) is 15.2 Å². The Labute approximate surface area is 186 Å². The molecule has 31 heavy (non-hydrogen) atoms. The Bertz CT molecular complexity index is 855. The minimum atomic E-state index is -0.459. The molecule has 0 saturated heterocycles. The lowest BCUT2D eigenvalue weighted by Gasteiger charge is -2.16. The van der Waals surface area contributed by atoms with Gasteiger partial charge in [0.1, 0.15) is 17.3 Å². The monoisotopic (exact) mass is 430 g/mol. The van der Waals surface area contributed by atoms with E-state index < -0.39 is 6.09 Å². The number of nitrogens with two attached hydrogens (primary N) is 1. The summed E-state index contributed by atoms with van der Waals surface area (Å²) in [6, 6.07) is 7.28. The average molecular weight is 431 g/mol. The zero-order chi connectivity index (χ0) is 23.0. The van der Waals surface area contributed by atoms with Gasteiger partial charge in [-0.2, -0.15) is 5.10 Å². The molecule has 1 aromatic carbocycles. The van der Waals surface area contributed by atoms with Crippen molar-refractivity contribution in [3.8, 4) is 11.4 Å². The van der Waals surface area contributed by atoms with Gasteiger partial charge in [-0.3, -0.25) is 5.32 Å². The average Bonchev–Trinajstić information content (AvgIpc) is 3.10. The van der Waals surface area contributed by atoms with Crippen LogP contribution < -0.4 is 15.8 Å². The largest absolute Gasteiger partial charge is 0.492 e. The van der Waals surface area contributed by atoms with E-state index in [9.17, 15) is 4.79 Å². The Morgan fingerprint density at radius 1 is 1.23 bits per heavy atom. The molecule has 0 radical (unpaired) electrons. The smallest absolute Gasteiger partial charge is 0.411 e. The molecular formula is C24H38N4O3. The van der Waals surface area contributed by atoms with Gasteiger partial charge in [0.05, 0.1) is 18.9 Å². The number of hydrogen-bond donors (Lipinski definition) is 2. The Morgan fingerprint density at radius 3 is 2.55 bits per heavy atom. The molecule has 2 aromatic rings. The topological polar surface area (TPSA) is 91.4 Å². The Morgan fingerprint density at radius 2 is 1.97 bits per heavy atom. The first-order valence-electron chi connectivity index (χ1n) is 11.3. The van der Waals surface area contributed by atoms with Gasteiger partial charge in [-0.25, -0.2) is 9.48 Å². The van der Waals surface area contributed by atoms with Crippen molar-refractivity contribution < 1.29 is 14.3 Å².